The average molecular weight is 403 g/mol. The molecule has 7 heteroatoms. The average Bonchev–Trinajstić information content (AvgIpc) is 2.74. The molecule has 2 heterocycles. The van der Waals surface area contributed by atoms with Crippen LogP contribution in [0, 0.1) is 5.92 Å². The molecule has 6 nitrogen and oxygen atoms in total. The van der Waals surface area contributed by atoms with Crippen LogP contribution in [0.4, 0.5) is 0 Å². The number of nitrogens with one attached hydrogen (secondary N) is 1. The Bertz CT molecular complexity index is 922. The third-order valence-corrected chi connectivity index (χ3v) is 7.33. The van der Waals surface area contributed by atoms with Crippen LogP contribution >= 0.6 is 0 Å². The molecule has 1 atom stereocenters. The molecule has 4 rings (SSSR count). The summed E-state index contributed by atoms with van der Waals surface area (Å²) in [7, 11) is -1.75. The molecule has 2 aliphatic rings. The number of hydrogen-bond donors (Lipinski definition) is 1. The predicted molar refractivity (Wildman–Crippen MR) is 107 cm³/mol. The minimum Gasteiger partial charge on any atom is -0.497 e. The van der Waals surface area contributed by atoms with Crippen LogP contribution in [0.1, 0.15) is 11.1 Å². The topological polar surface area (TPSA) is 67.9 Å². The molecule has 2 aliphatic heterocycles. The van der Waals surface area contributed by atoms with E-state index >= 15 is 0 Å². The summed E-state index contributed by atoms with van der Waals surface area (Å²) in [4.78, 5) is 0.371. The fraction of sp³-hybridized carbons (Fsp3) is 0.429. The van der Waals surface area contributed by atoms with Gasteiger partial charge in [-0.15, -0.1) is 0 Å². The van der Waals surface area contributed by atoms with Crippen molar-refractivity contribution in [2.45, 2.75) is 17.7 Å². The minimum atomic E-state index is -3.40. The van der Waals surface area contributed by atoms with Gasteiger partial charge >= 0.3 is 0 Å². The van der Waals surface area contributed by atoms with E-state index in [0.29, 0.717) is 43.6 Å². The monoisotopic (exact) mass is 402 g/mol. The van der Waals surface area contributed by atoms with Crippen molar-refractivity contribution in [2.75, 3.05) is 39.9 Å². The SMILES string of the molecule is COc1ccc2c(c1)OC[C@H](Cc1ccc(S(=O)(=O)N3CCNCC3)cc1)C2. The number of benzene rings is 2. The van der Waals surface area contributed by atoms with Crippen LogP contribution in [0.25, 0.3) is 0 Å². The van der Waals surface area contributed by atoms with E-state index in [1.54, 1.807) is 23.5 Å². The van der Waals surface area contributed by atoms with E-state index in [-0.39, 0.29) is 0 Å². The first-order valence-corrected chi connectivity index (χ1v) is 11.1. The van der Waals surface area contributed by atoms with Gasteiger partial charge in [0.2, 0.25) is 10.0 Å². The van der Waals surface area contributed by atoms with Gasteiger partial charge in [-0.1, -0.05) is 18.2 Å². The Morgan fingerprint density at radius 3 is 2.61 bits per heavy atom. The first-order valence-electron chi connectivity index (χ1n) is 9.66. The lowest BCUT2D eigenvalue weighted by molar-refractivity contribution is 0.220. The van der Waals surface area contributed by atoms with E-state index in [2.05, 4.69) is 11.4 Å². The number of ether oxygens (including phenoxy) is 2. The summed E-state index contributed by atoms with van der Waals surface area (Å²) < 4.78 is 38.2. The molecule has 0 aliphatic carbocycles. The largest absolute Gasteiger partial charge is 0.497 e. The molecule has 0 unspecified atom stereocenters. The molecule has 1 saturated heterocycles. The van der Waals surface area contributed by atoms with Crippen molar-refractivity contribution < 1.29 is 17.9 Å². The molecule has 2 aromatic carbocycles. The number of hydrogen-bond acceptors (Lipinski definition) is 5. The maximum atomic E-state index is 12.7. The van der Waals surface area contributed by atoms with Gasteiger partial charge in [0.15, 0.2) is 0 Å². The Morgan fingerprint density at radius 2 is 1.89 bits per heavy atom. The maximum absolute atomic E-state index is 12.7. The molecule has 0 saturated carbocycles. The van der Waals surface area contributed by atoms with Crippen LogP contribution in [-0.2, 0) is 22.9 Å². The highest BCUT2D eigenvalue weighted by molar-refractivity contribution is 7.89. The van der Waals surface area contributed by atoms with E-state index in [4.69, 9.17) is 9.47 Å². The predicted octanol–water partition coefficient (Wildman–Crippen LogP) is 2.08. The third-order valence-electron chi connectivity index (χ3n) is 5.42. The summed E-state index contributed by atoms with van der Waals surface area (Å²) in [6.07, 6.45) is 1.81. The van der Waals surface area contributed by atoms with Gasteiger partial charge in [-0.2, -0.15) is 4.31 Å². The van der Waals surface area contributed by atoms with Crippen molar-refractivity contribution in [3.63, 3.8) is 0 Å². The van der Waals surface area contributed by atoms with Gasteiger partial charge in [-0.05, 0) is 42.2 Å². The summed E-state index contributed by atoms with van der Waals surface area (Å²) in [5.74, 6) is 2.07. The molecule has 0 radical (unpaired) electrons. The van der Waals surface area contributed by atoms with Crippen LogP contribution < -0.4 is 14.8 Å². The molecular formula is C21H26N2O4S. The van der Waals surface area contributed by atoms with E-state index in [1.807, 2.05) is 24.3 Å². The van der Waals surface area contributed by atoms with E-state index < -0.39 is 10.0 Å². The van der Waals surface area contributed by atoms with Gasteiger partial charge in [0, 0.05) is 38.2 Å². The lowest BCUT2D eigenvalue weighted by Gasteiger charge is -2.27. The normalized spacial score (nSPS) is 20.2. The van der Waals surface area contributed by atoms with E-state index in [0.717, 1.165) is 29.9 Å². The second-order valence-corrected chi connectivity index (χ2v) is 9.29. The second-order valence-electron chi connectivity index (χ2n) is 7.36. The van der Waals surface area contributed by atoms with Crippen LogP contribution in [0.3, 0.4) is 0 Å². The molecule has 150 valence electrons. The Morgan fingerprint density at radius 1 is 1.14 bits per heavy atom. The van der Waals surface area contributed by atoms with Crippen molar-refractivity contribution in [3.05, 3.63) is 53.6 Å². The van der Waals surface area contributed by atoms with Gasteiger partial charge in [0.25, 0.3) is 0 Å². The third kappa shape index (κ3) is 4.01. The van der Waals surface area contributed by atoms with Gasteiger partial charge in [-0.3, -0.25) is 0 Å². The Kier molecular flexibility index (Phi) is 5.57. The summed E-state index contributed by atoms with van der Waals surface area (Å²) >= 11 is 0. The fourth-order valence-electron chi connectivity index (χ4n) is 3.84. The van der Waals surface area contributed by atoms with Crippen molar-refractivity contribution in [3.8, 4) is 11.5 Å². The molecular weight excluding hydrogens is 376 g/mol. The zero-order valence-corrected chi connectivity index (χ0v) is 16.9. The standard InChI is InChI=1S/C21H26N2O4S/c1-26-19-5-4-18-13-17(15-27-21(18)14-19)12-16-2-6-20(7-3-16)28(24,25)23-10-8-22-9-11-23/h2-7,14,17,22H,8-13,15H2,1H3/t17-/m1/s1. The summed E-state index contributed by atoms with van der Waals surface area (Å²) in [5.41, 5.74) is 2.32. The molecule has 1 N–H and O–H groups in total. The summed E-state index contributed by atoms with van der Waals surface area (Å²) in [5, 5.41) is 3.18. The number of sulfonamides is 1. The molecule has 2 aromatic rings. The van der Waals surface area contributed by atoms with Crippen LogP contribution in [0.15, 0.2) is 47.4 Å². The number of nitrogens with zero attached hydrogens (tertiary/aromatic N) is 1. The van der Waals surface area contributed by atoms with Crippen LogP contribution in [-0.4, -0.2) is 52.6 Å². The highest BCUT2D eigenvalue weighted by Gasteiger charge is 2.26. The zero-order chi connectivity index (χ0) is 19.6. The highest BCUT2D eigenvalue weighted by Crippen LogP contribution is 2.32. The van der Waals surface area contributed by atoms with Crippen molar-refractivity contribution in [1.82, 2.24) is 9.62 Å². The Labute approximate surface area is 166 Å². The minimum absolute atomic E-state index is 0.371. The lowest BCUT2D eigenvalue weighted by atomic mass is 9.91. The van der Waals surface area contributed by atoms with E-state index in [9.17, 15) is 8.42 Å². The Balaban J connectivity index is 1.42. The van der Waals surface area contributed by atoms with Gasteiger partial charge in [-0.25, -0.2) is 8.42 Å². The smallest absolute Gasteiger partial charge is 0.243 e. The first kappa shape index (κ1) is 19.2. The van der Waals surface area contributed by atoms with Crippen molar-refractivity contribution in [2.24, 2.45) is 5.92 Å². The van der Waals surface area contributed by atoms with Crippen LogP contribution in [0.2, 0.25) is 0 Å². The number of piperazine rings is 1. The zero-order valence-electron chi connectivity index (χ0n) is 16.1. The van der Waals surface area contributed by atoms with Gasteiger partial charge < -0.3 is 14.8 Å². The molecule has 0 spiro atoms. The number of fused-ring (bicyclic) bond motifs is 1. The molecule has 1 fully saturated rings. The fourth-order valence-corrected chi connectivity index (χ4v) is 5.28. The lowest BCUT2D eigenvalue weighted by Crippen LogP contribution is -2.46. The summed E-state index contributed by atoms with van der Waals surface area (Å²) in [6.45, 7) is 3.10. The highest BCUT2D eigenvalue weighted by atomic mass is 32.2. The molecule has 28 heavy (non-hydrogen) atoms. The number of rotatable bonds is 5. The van der Waals surface area contributed by atoms with Crippen LogP contribution in [0.5, 0.6) is 11.5 Å². The Hall–Kier alpha value is -2.09. The van der Waals surface area contributed by atoms with Gasteiger partial charge in [0.1, 0.15) is 11.5 Å². The van der Waals surface area contributed by atoms with E-state index in [1.165, 1.54) is 5.56 Å². The second kappa shape index (κ2) is 8.11. The molecule has 0 bridgehead atoms. The first-order chi connectivity index (χ1) is 13.6. The summed E-state index contributed by atoms with van der Waals surface area (Å²) in [6, 6.07) is 13.3. The number of methoxy groups -OCH3 is 1. The quantitative estimate of drug-likeness (QED) is 0.829. The maximum Gasteiger partial charge on any atom is 0.243 e. The molecule has 0 amide bonds. The van der Waals surface area contributed by atoms with Crippen molar-refractivity contribution in [1.29, 1.82) is 0 Å². The van der Waals surface area contributed by atoms with Crippen molar-refractivity contribution >= 4 is 10.0 Å². The molecule has 0 aromatic heterocycles. The van der Waals surface area contributed by atoms with Gasteiger partial charge in [0.05, 0.1) is 18.6 Å².